The summed E-state index contributed by atoms with van der Waals surface area (Å²) in [6.07, 6.45) is 1.64. The summed E-state index contributed by atoms with van der Waals surface area (Å²) >= 11 is 2.71. The SMILES string of the molecule is C=CCOc1ccc(C2/C(=C(\O)c3ccc(OC)c(OC)c3)C(=O)C(=O)N2c2nnc(SCc3cccc4ccccc34)s2)cc1. The van der Waals surface area contributed by atoms with Gasteiger partial charge in [-0.1, -0.05) is 90.4 Å². The molecule has 1 amide bonds. The molecule has 0 aliphatic carbocycles. The first-order chi connectivity index (χ1) is 22.4. The minimum absolute atomic E-state index is 0.0860. The molecule has 1 aromatic heterocycles. The lowest BCUT2D eigenvalue weighted by Gasteiger charge is -2.23. The largest absolute Gasteiger partial charge is 0.507 e. The highest BCUT2D eigenvalue weighted by Gasteiger charge is 2.48. The van der Waals surface area contributed by atoms with Gasteiger partial charge in [-0.25, -0.2) is 0 Å². The second kappa shape index (κ2) is 13.5. The number of ether oxygens (including phenoxy) is 3. The van der Waals surface area contributed by atoms with Crippen LogP contribution in [0.2, 0.25) is 0 Å². The lowest BCUT2D eigenvalue weighted by Crippen LogP contribution is -2.29. The van der Waals surface area contributed by atoms with Crippen molar-refractivity contribution in [3.05, 3.63) is 120 Å². The summed E-state index contributed by atoms with van der Waals surface area (Å²) < 4.78 is 17.0. The zero-order valence-electron chi connectivity index (χ0n) is 25.0. The van der Waals surface area contributed by atoms with Crippen molar-refractivity contribution in [1.82, 2.24) is 10.2 Å². The Balaban J connectivity index is 1.38. The van der Waals surface area contributed by atoms with Gasteiger partial charge in [0.1, 0.15) is 18.1 Å². The van der Waals surface area contributed by atoms with E-state index in [-0.39, 0.29) is 22.0 Å². The number of hydrogen-bond acceptors (Lipinski definition) is 10. The Bertz CT molecular complexity index is 1970. The molecule has 2 heterocycles. The van der Waals surface area contributed by atoms with Gasteiger partial charge in [0.2, 0.25) is 5.13 Å². The second-order valence-corrected chi connectivity index (χ2v) is 12.4. The highest BCUT2D eigenvalue weighted by atomic mass is 32.2. The number of carbonyl (C=O) groups is 2. The van der Waals surface area contributed by atoms with Gasteiger partial charge in [0.25, 0.3) is 5.78 Å². The Morgan fingerprint density at radius 2 is 1.74 bits per heavy atom. The molecule has 46 heavy (non-hydrogen) atoms. The molecule has 1 atom stereocenters. The van der Waals surface area contributed by atoms with Crippen LogP contribution in [0.25, 0.3) is 16.5 Å². The Hall–Kier alpha value is -5.13. The van der Waals surface area contributed by atoms with E-state index in [4.69, 9.17) is 14.2 Å². The average Bonchev–Trinajstić information content (AvgIpc) is 3.67. The molecule has 1 N–H and O–H groups in total. The van der Waals surface area contributed by atoms with Gasteiger partial charge in [-0.3, -0.25) is 14.5 Å². The van der Waals surface area contributed by atoms with Crippen LogP contribution in [0.3, 0.4) is 0 Å². The number of rotatable bonds is 11. The molecule has 4 aromatic carbocycles. The van der Waals surface area contributed by atoms with Crippen molar-refractivity contribution in [3.8, 4) is 17.2 Å². The number of fused-ring (bicyclic) bond motifs is 1. The summed E-state index contributed by atoms with van der Waals surface area (Å²) in [5.74, 6) is 0.0261. The van der Waals surface area contributed by atoms with Crippen LogP contribution >= 0.6 is 23.1 Å². The normalized spacial score (nSPS) is 15.7. The molecule has 1 aliphatic heterocycles. The number of aliphatic hydroxyl groups is 1. The molecule has 11 heteroatoms. The molecule has 0 bridgehead atoms. The molecule has 0 radical (unpaired) electrons. The minimum atomic E-state index is -0.981. The van der Waals surface area contributed by atoms with Crippen molar-refractivity contribution in [2.75, 3.05) is 25.7 Å². The van der Waals surface area contributed by atoms with E-state index >= 15 is 0 Å². The number of nitrogens with zero attached hydrogens (tertiary/aromatic N) is 3. The first-order valence-electron chi connectivity index (χ1n) is 14.2. The van der Waals surface area contributed by atoms with Gasteiger partial charge < -0.3 is 19.3 Å². The molecule has 232 valence electrons. The maximum Gasteiger partial charge on any atom is 0.301 e. The van der Waals surface area contributed by atoms with Crippen LogP contribution in [-0.2, 0) is 15.3 Å². The van der Waals surface area contributed by atoms with Gasteiger partial charge in [-0.15, -0.1) is 10.2 Å². The minimum Gasteiger partial charge on any atom is -0.507 e. The van der Waals surface area contributed by atoms with Crippen LogP contribution in [0, 0.1) is 0 Å². The van der Waals surface area contributed by atoms with E-state index < -0.39 is 17.7 Å². The van der Waals surface area contributed by atoms with Gasteiger partial charge in [0.15, 0.2) is 15.8 Å². The van der Waals surface area contributed by atoms with E-state index in [0.717, 1.165) is 16.3 Å². The van der Waals surface area contributed by atoms with Crippen molar-refractivity contribution >= 4 is 56.5 Å². The maximum absolute atomic E-state index is 13.7. The van der Waals surface area contributed by atoms with E-state index in [1.807, 2.05) is 18.2 Å². The van der Waals surface area contributed by atoms with Crippen LogP contribution in [0.4, 0.5) is 5.13 Å². The number of thioether (sulfide) groups is 1. The number of methoxy groups -OCH3 is 2. The summed E-state index contributed by atoms with van der Waals surface area (Å²) in [6.45, 7) is 3.99. The van der Waals surface area contributed by atoms with Gasteiger partial charge in [-0.2, -0.15) is 0 Å². The van der Waals surface area contributed by atoms with E-state index in [0.29, 0.717) is 39.5 Å². The van der Waals surface area contributed by atoms with E-state index in [2.05, 4.69) is 41.0 Å². The lowest BCUT2D eigenvalue weighted by atomic mass is 9.95. The number of ketones is 1. The van der Waals surface area contributed by atoms with Crippen LogP contribution in [0.15, 0.2) is 107 Å². The smallest absolute Gasteiger partial charge is 0.301 e. The lowest BCUT2D eigenvalue weighted by molar-refractivity contribution is -0.132. The predicted molar refractivity (Wildman–Crippen MR) is 180 cm³/mol. The van der Waals surface area contributed by atoms with Crippen LogP contribution < -0.4 is 19.1 Å². The number of anilines is 1. The summed E-state index contributed by atoms with van der Waals surface area (Å²) in [5, 5.41) is 22.8. The first kappa shape index (κ1) is 30.9. The maximum atomic E-state index is 13.7. The average molecular weight is 652 g/mol. The number of Topliss-reactive ketones (excluding diaryl/α,β-unsaturated/α-hetero) is 1. The van der Waals surface area contributed by atoms with Crippen molar-refractivity contribution in [2.24, 2.45) is 0 Å². The quantitative estimate of drug-likeness (QED) is 0.0396. The van der Waals surface area contributed by atoms with Crippen LogP contribution in [0.1, 0.15) is 22.7 Å². The van der Waals surface area contributed by atoms with Gasteiger partial charge in [0.05, 0.1) is 25.8 Å². The summed E-state index contributed by atoms with van der Waals surface area (Å²) in [5.41, 5.74) is 1.92. The monoisotopic (exact) mass is 651 g/mol. The second-order valence-electron chi connectivity index (χ2n) is 10.2. The molecule has 0 spiro atoms. The fourth-order valence-electron chi connectivity index (χ4n) is 5.30. The highest BCUT2D eigenvalue weighted by Crippen LogP contribution is 2.45. The number of aliphatic hydroxyl groups excluding tert-OH is 1. The predicted octanol–water partition coefficient (Wildman–Crippen LogP) is 7.19. The fraction of sp³-hybridized carbons (Fsp3) is 0.143. The first-order valence-corrected chi connectivity index (χ1v) is 16.0. The number of carbonyl (C=O) groups excluding carboxylic acids is 2. The molecule has 5 aromatic rings. The molecule has 6 rings (SSSR count). The van der Waals surface area contributed by atoms with Gasteiger partial charge >= 0.3 is 5.91 Å². The summed E-state index contributed by atoms with van der Waals surface area (Å²) in [6, 6.07) is 25.1. The summed E-state index contributed by atoms with van der Waals surface area (Å²) in [4.78, 5) is 28.7. The third-order valence-corrected chi connectivity index (χ3v) is 9.60. The zero-order valence-corrected chi connectivity index (χ0v) is 26.6. The topological polar surface area (TPSA) is 111 Å². The zero-order chi connectivity index (χ0) is 32.2. The van der Waals surface area contributed by atoms with Gasteiger partial charge in [-0.05, 0) is 52.2 Å². The van der Waals surface area contributed by atoms with E-state index in [1.165, 1.54) is 42.2 Å². The van der Waals surface area contributed by atoms with Gasteiger partial charge in [0, 0.05) is 11.3 Å². The molecule has 9 nitrogen and oxygen atoms in total. The Kier molecular flexibility index (Phi) is 9.04. The molecule has 1 fully saturated rings. The molecular weight excluding hydrogens is 623 g/mol. The number of aromatic nitrogens is 2. The summed E-state index contributed by atoms with van der Waals surface area (Å²) in [7, 11) is 2.98. The number of hydrogen-bond donors (Lipinski definition) is 1. The number of benzene rings is 4. The Morgan fingerprint density at radius 3 is 2.50 bits per heavy atom. The third kappa shape index (κ3) is 5.94. The van der Waals surface area contributed by atoms with Crippen LogP contribution in [0.5, 0.6) is 17.2 Å². The van der Waals surface area contributed by atoms with Crippen LogP contribution in [-0.4, -0.2) is 47.8 Å². The van der Waals surface area contributed by atoms with E-state index in [9.17, 15) is 14.7 Å². The molecular formula is C35H29N3O6S2. The molecule has 1 saturated heterocycles. The molecule has 1 unspecified atom stereocenters. The fourth-order valence-corrected chi connectivity index (χ4v) is 7.17. The molecule has 0 saturated carbocycles. The number of amides is 1. The van der Waals surface area contributed by atoms with Crippen molar-refractivity contribution in [1.29, 1.82) is 0 Å². The third-order valence-electron chi connectivity index (χ3n) is 7.50. The van der Waals surface area contributed by atoms with Crippen molar-refractivity contribution in [3.63, 3.8) is 0 Å². The van der Waals surface area contributed by atoms with Crippen molar-refractivity contribution in [2.45, 2.75) is 16.1 Å². The van der Waals surface area contributed by atoms with Crippen molar-refractivity contribution < 1.29 is 28.9 Å². The Labute approximate surface area is 273 Å². The standard InChI is InChI=1S/C35H29N3O6S2/c1-4-18-44-25-15-12-22(13-16-25)30-29(31(39)23-14-17-27(42-2)28(19-23)43-3)32(40)33(41)38(30)34-36-37-35(46-34)45-20-24-10-7-9-21-8-5-6-11-26(21)24/h4-17,19,30,39H,1,18,20H2,2-3H3/b31-29+. The van der Waals surface area contributed by atoms with E-state index in [1.54, 1.807) is 48.5 Å². The molecule has 1 aliphatic rings. The highest BCUT2D eigenvalue weighted by molar-refractivity contribution is 8.00. The Morgan fingerprint density at radius 1 is 0.978 bits per heavy atom.